The Morgan fingerprint density at radius 3 is 3.00 bits per heavy atom. The maximum atomic E-state index is 11.6. The molecule has 0 aromatic heterocycles. The van der Waals surface area contributed by atoms with Gasteiger partial charge >= 0.3 is 0 Å². The highest BCUT2D eigenvalue weighted by molar-refractivity contribution is 5.96. The Bertz CT molecular complexity index is 473. The molecule has 4 nitrogen and oxygen atoms in total. The second-order valence-corrected chi connectivity index (χ2v) is 5.25. The van der Waals surface area contributed by atoms with E-state index in [1.54, 1.807) is 6.92 Å². The Hall–Kier alpha value is -1.39. The molecule has 1 aliphatic rings. The van der Waals surface area contributed by atoms with E-state index in [1.165, 1.54) is 0 Å². The molecule has 1 atom stereocenters. The SMILES string of the molecule is CCN1CCOC(COc2cc(C)ccc2C(C)=O)C1. The van der Waals surface area contributed by atoms with Crippen molar-refractivity contribution in [1.29, 1.82) is 0 Å². The van der Waals surface area contributed by atoms with Crippen LogP contribution in [0.5, 0.6) is 5.75 Å². The van der Waals surface area contributed by atoms with E-state index in [1.807, 2.05) is 25.1 Å². The number of hydrogen-bond donors (Lipinski definition) is 0. The van der Waals surface area contributed by atoms with Gasteiger partial charge in [0, 0.05) is 13.1 Å². The van der Waals surface area contributed by atoms with Crippen molar-refractivity contribution in [2.24, 2.45) is 0 Å². The summed E-state index contributed by atoms with van der Waals surface area (Å²) < 4.78 is 11.5. The van der Waals surface area contributed by atoms with Gasteiger partial charge in [0.1, 0.15) is 18.5 Å². The van der Waals surface area contributed by atoms with Crippen molar-refractivity contribution in [2.75, 3.05) is 32.8 Å². The fraction of sp³-hybridized carbons (Fsp3) is 0.562. The molecular weight excluding hydrogens is 254 g/mol. The Labute approximate surface area is 120 Å². The lowest BCUT2D eigenvalue weighted by atomic mass is 10.1. The summed E-state index contributed by atoms with van der Waals surface area (Å²) in [6.45, 7) is 9.84. The standard InChI is InChI=1S/C16H23NO3/c1-4-17-7-8-19-14(10-17)11-20-16-9-12(2)5-6-15(16)13(3)18/h5-6,9,14H,4,7-8,10-11H2,1-3H3. The molecule has 1 heterocycles. The van der Waals surface area contributed by atoms with Gasteiger partial charge in [0.05, 0.1) is 12.2 Å². The van der Waals surface area contributed by atoms with Gasteiger partial charge in [0.2, 0.25) is 0 Å². The number of rotatable bonds is 5. The van der Waals surface area contributed by atoms with E-state index in [0.717, 1.165) is 31.8 Å². The van der Waals surface area contributed by atoms with Gasteiger partial charge in [0.25, 0.3) is 0 Å². The minimum atomic E-state index is 0.0275. The topological polar surface area (TPSA) is 38.8 Å². The molecule has 1 aromatic carbocycles. The lowest BCUT2D eigenvalue weighted by molar-refractivity contribution is -0.0464. The van der Waals surface area contributed by atoms with Gasteiger partial charge in [-0.1, -0.05) is 13.0 Å². The molecule has 0 radical (unpaired) electrons. The molecule has 0 amide bonds. The molecule has 0 bridgehead atoms. The van der Waals surface area contributed by atoms with Gasteiger partial charge in [-0.2, -0.15) is 0 Å². The van der Waals surface area contributed by atoms with Crippen molar-refractivity contribution in [2.45, 2.75) is 26.9 Å². The summed E-state index contributed by atoms with van der Waals surface area (Å²) in [6.07, 6.45) is 0.0732. The van der Waals surface area contributed by atoms with Crippen molar-refractivity contribution in [1.82, 2.24) is 4.90 Å². The Morgan fingerprint density at radius 2 is 2.30 bits per heavy atom. The molecule has 0 N–H and O–H groups in total. The Kier molecular flexibility index (Phi) is 5.15. The predicted octanol–water partition coefficient (Wildman–Crippen LogP) is 2.30. The molecule has 1 aliphatic heterocycles. The van der Waals surface area contributed by atoms with Crippen LogP contribution in [0.25, 0.3) is 0 Å². The van der Waals surface area contributed by atoms with Crippen LogP contribution in [0, 0.1) is 6.92 Å². The van der Waals surface area contributed by atoms with E-state index in [-0.39, 0.29) is 11.9 Å². The molecule has 20 heavy (non-hydrogen) atoms. The third-order valence-electron chi connectivity index (χ3n) is 3.61. The molecule has 4 heteroatoms. The molecule has 0 spiro atoms. The number of likely N-dealkylation sites (N-methyl/N-ethyl adjacent to an activating group) is 1. The number of ether oxygens (including phenoxy) is 2. The first-order valence-electron chi connectivity index (χ1n) is 7.18. The zero-order valence-electron chi connectivity index (χ0n) is 12.5. The van der Waals surface area contributed by atoms with Crippen molar-refractivity contribution in [3.05, 3.63) is 29.3 Å². The Balaban J connectivity index is 1.99. The number of aryl methyl sites for hydroxylation is 1. The van der Waals surface area contributed by atoms with Crippen LogP contribution in [0.15, 0.2) is 18.2 Å². The highest BCUT2D eigenvalue weighted by atomic mass is 16.5. The number of ketones is 1. The van der Waals surface area contributed by atoms with Crippen LogP contribution in [0.2, 0.25) is 0 Å². The molecule has 1 fully saturated rings. The van der Waals surface area contributed by atoms with Crippen LogP contribution in [0.4, 0.5) is 0 Å². The zero-order valence-corrected chi connectivity index (χ0v) is 12.5. The molecular formula is C16H23NO3. The van der Waals surface area contributed by atoms with Gasteiger partial charge < -0.3 is 9.47 Å². The van der Waals surface area contributed by atoms with Gasteiger partial charge in [-0.15, -0.1) is 0 Å². The van der Waals surface area contributed by atoms with Crippen LogP contribution in [0.1, 0.15) is 29.8 Å². The summed E-state index contributed by atoms with van der Waals surface area (Å²) in [7, 11) is 0. The number of morpholine rings is 1. The maximum Gasteiger partial charge on any atom is 0.163 e. The molecule has 1 unspecified atom stereocenters. The molecule has 110 valence electrons. The molecule has 1 aromatic rings. The van der Waals surface area contributed by atoms with E-state index >= 15 is 0 Å². The highest BCUT2D eigenvalue weighted by Gasteiger charge is 2.20. The largest absolute Gasteiger partial charge is 0.490 e. The summed E-state index contributed by atoms with van der Waals surface area (Å²) >= 11 is 0. The third-order valence-corrected chi connectivity index (χ3v) is 3.61. The predicted molar refractivity (Wildman–Crippen MR) is 78.5 cm³/mol. The molecule has 1 saturated heterocycles. The van der Waals surface area contributed by atoms with Gasteiger partial charge in [-0.3, -0.25) is 9.69 Å². The first-order valence-corrected chi connectivity index (χ1v) is 7.18. The minimum Gasteiger partial charge on any atom is -0.490 e. The van der Waals surface area contributed by atoms with Crippen molar-refractivity contribution < 1.29 is 14.3 Å². The number of benzene rings is 1. The van der Waals surface area contributed by atoms with Crippen molar-refractivity contribution in [3.8, 4) is 5.75 Å². The van der Waals surface area contributed by atoms with Crippen molar-refractivity contribution >= 4 is 5.78 Å². The third kappa shape index (κ3) is 3.81. The minimum absolute atomic E-state index is 0.0275. The summed E-state index contributed by atoms with van der Waals surface area (Å²) in [5.74, 6) is 0.689. The van der Waals surface area contributed by atoms with Crippen LogP contribution < -0.4 is 4.74 Å². The van der Waals surface area contributed by atoms with E-state index in [2.05, 4.69) is 11.8 Å². The number of carbonyl (C=O) groups is 1. The van der Waals surface area contributed by atoms with Crippen LogP contribution in [-0.4, -0.2) is 49.6 Å². The fourth-order valence-corrected chi connectivity index (χ4v) is 2.39. The van der Waals surface area contributed by atoms with Gasteiger partial charge in [0.15, 0.2) is 5.78 Å². The number of hydrogen-bond acceptors (Lipinski definition) is 4. The smallest absolute Gasteiger partial charge is 0.163 e. The number of Topliss-reactive ketones (excluding diaryl/α,β-unsaturated/α-hetero) is 1. The zero-order chi connectivity index (χ0) is 14.5. The lowest BCUT2D eigenvalue weighted by Crippen LogP contribution is -2.44. The van der Waals surface area contributed by atoms with E-state index < -0.39 is 0 Å². The van der Waals surface area contributed by atoms with Crippen LogP contribution in [0.3, 0.4) is 0 Å². The average molecular weight is 277 g/mol. The summed E-state index contributed by atoms with van der Waals surface area (Å²) in [5, 5.41) is 0. The normalized spacial score (nSPS) is 19.9. The number of nitrogens with zero attached hydrogens (tertiary/aromatic N) is 1. The monoisotopic (exact) mass is 277 g/mol. The maximum absolute atomic E-state index is 11.6. The second kappa shape index (κ2) is 6.86. The quantitative estimate of drug-likeness (QED) is 0.774. The molecule has 2 rings (SSSR count). The summed E-state index contributed by atoms with van der Waals surface area (Å²) in [5.41, 5.74) is 1.73. The Morgan fingerprint density at radius 1 is 1.50 bits per heavy atom. The van der Waals surface area contributed by atoms with Crippen LogP contribution >= 0.6 is 0 Å². The fourth-order valence-electron chi connectivity index (χ4n) is 2.39. The molecule has 0 saturated carbocycles. The molecule has 0 aliphatic carbocycles. The van der Waals surface area contributed by atoms with Crippen LogP contribution in [-0.2, 0) is 4.74 Å². The first-order chi connectivity index (χ1) is 9.60. The summed E-state index contributed by atoms with van der Waals surface area (Å²) in [4.78, 5) is 14.0. The average Bonchev–Trinajstić information content (AvgIpc) is 2.45. The highest BCUT2D eigenvalue weighted by Crippen LogP contribution is 2.21. The van der Waals surface area contributed by atoms with Gasteiger partial charge in [-0.25, -0.2) is 0 Å². The number of carbonyl (C=O) groups excluding carboxylic acids is 1. The van der Waals surface area contributed by atoms with Gasteiger partial charge in [-0.05, 0) is 38.1 Å². The first kappa shape index (κ1) is 15.0. The lowest BCUT2D eigenvalue weighted by Gasteiger charge is -2.32. The summed E-state index contributed by atoms with van der Waals surface area (Å²) in [6, 6.07) is 5.67. The van der Waals surface area contributed by atoms with E-state index in [0.29, 0.717) is 17.9 Å². The van der Waals surface area contributed by atoms with E-state index in [9.17, 15) is 4.79 Å². The van der Waals surface area contributed by atoms with Crippen molar-refractivity contribution in [3.63, 3.8) is 0 Å². The van der Waals surface area contributed by atoms with E-state index in [4.69, 9.17) is 9.47 Å². The second-order valence-electron chi connectivity index (χ2n) is 5.25.